The molecule has 2 fully saturated rings. The van der Waals surface area contributed by atoms with E-state index in [2.05, 4.69) is 61.5 Å². The number of allylic oxidation sites excluding steroid dienone is 9. The SMILES string of the molecule is C=C/C=C(\C=C\[C@H](C)C1CCC1)N1C=C2C(C(C)(F)F)=CC(CN3CC(C)C3)=CN2C1=C.CN/C1=C\C=C/C/C(N)=C/C1. The monoisotopic (exact) mass is 589 g/mol. The van der Waals surface area contributed by atoms with Crippen LogP contribution in [0, 0.1) is 17.8 Å². The molecule has 0 radical (unpaired) electrons. The number of likely N-dealkylation sites (tertiary alicyclic amines) is 1. The second kappa shape index (κ2) is 14.3. The van der Waals surface area contributed by atoms with Gasteiger partial charge in [0.15, 0.2) is 0 Å². The quantitative estimate of drug-likeness (QED) is 0.270. The van der Waals surface area contributed by atoms with Crippen LogP contribution in [0.25, 0.3) is 0 Å². The van der Waals surface area contributed by atoms with Gasteiger partial charge in [0.05, 0.1) is 5.70 Å². The van der Waals surface area contributed by atoms with Crippen molar-refractivity contribution in [2.24, 2.45) is 23.5 Å². The average Bonchev–Trinajstić information content (AvgIpc) is 3.22. The molecule has 5 nitrogen and oxygen atoms in total. The molecular formula is C36H49F2N5. The van der Waals surface area contributed by atoms with E-state index in [1.54, 1.807) is 18.4 Å². The second-order valence-electron chi connectivity index (χ2n) is 12.4. The summed E-state index contributed by atoms with van der Waals surface area (Å²) in [5, 5.41) is 3.10. The summed E-state index contributed by atoms with van der Waals surface area (Å²) >= 11 is 0. The van der Waals surface area contributed by atoms with E-state index in [1.165, 1.54) is 25.0 Å². The predicted octanol–water partition coefficient (Wildman–Crippen LogP) is 7.69. The summed E-state index contributed by atoms with van der Waals surface area (Å²) in [5.41, 5.74) is 10.1. The number of fused-ring (bicyclic) bond motifs is 1. The molecule has 3 heterocycles. The van der Waals surface area contributed by atoms with Crippen LogP contribution in [0.3, 0.4) is 0 Å². The summed E-state index contributed by atoms with van der Waals surface area (Å²) in [6.45, 7) is 16.2. The van der Waals surface area contributed by atoms with Crippen molar-refractivity contribution < 1.29 is 8.78 Å². The minimum atomic E-state index is -2.95. The minimum Gasteiger partial charge on any atom is -0.402 e. The molecular weight excluding hydrogens is 540 g/mol. The van der Waals surface area contributed by atoms with Crippen LogP contribution in [0.4, 0.5) is 8.78 Å². The highest BCUT2D eigenvalue weighted by atomic mass is 19.3. The Labute approximate surface area is 257 Å². The van der Waals surface area contributed by atoms with Crippen LogP contribution in [0.2, 0.25) is 0 Å². The van der Waals surface area contributed by atoms with Crippen molar-refractivity contribution >= 4 is 0 Å². The van der Waals surface area contributed by atoms with E-state index in [0.717, 1.165) is 55.7 Å². The van der Waals surface area contributed by atoms with Crippen LogP contribution in [0.15, 0.2) is 120 Å². The van der Waals surface area contributed by atoms with Gasteiger partial charge in [-0.1, -0.05) is 63.8 Å². The molecule has 1 saturated heterocycles. The van der Waals surface area contributed by atoms with Gasteiger partial charge in [-0.25, -0.2) is 8.78 Å². The summed E-state index contributed by atoms with van der Waals surface area (Å²) in [7, 11) is 1.92. The first kappa shape index (κ1) is 32.3. The lowest BCUT2D eigenvalue weighted by Crippen LogP contribution is -2.46. The van der Waals surface area contributed by atoms with Gasteiger partial charge in [-0.2, -0.15) is 0 Å². The van der Waals surface area contributed by atoms with Gasteiger partial charge in [0.25, 0.3) is 5.92 Å². The molecule has 43 heavy (non-hydrogen) atoms. The summed E-state index contributed by atoms with van der Waals surface area (Å²) in [4.78, 5) is 5.99. The van der Waals surface area contributed by atoms with Crippen molar-refractivity contribution in [2.75, 3.05) is 26.7 Å². The second-order valence-corrected chi connectivity index (χ2v) is 12.4. The fourth-order valence-corrected chi connectivity index (χ4v) is 5.87. The summed E-state index contributed by atoms with van der Waals surface area (Å²) < 4.78 is 29.3. The van der Waals surface area contributed by atoms with Gasteiger partial charge in [-0.3, -0.25) is 4.90 Å². The van der Waals surface area contributed by atoms with Crippen molar-refractivity contribution in [3.63, 3.8) is 0 Å². The number of nitrogens with zero attached hydrogens (tertiary/aromatic N) is 3. The number of hydrogen-bond donors (Lipinski definition) is 2. The zero-order valence-electron chi connectivity index (χ0n) is 26.3. The van der Waals surface area contributed by atoms with Gasteiger partial charge in [-0.05, 0) is 60.5 Å². The van der Waals surface area contributed by atoms with E-state index < -0.39 is 5.92 Å². The maximum atomic E-state index is 14.6. The molecule has 3 N–H and O–H groups in total. The first-order valence-corrected chi connectivity index (χ1v) is 15.5. The number of nitrogens with one attached hydrogen (secondary N) is 1. The van der Waals surface area contributed by atoms with Gasteiger partial charge >= 0.3 is 0 Å². The molecule has 0 spiro atoms. The summed E-state index contributed by atoms with van der Waals surface area (Å²) in [6.07, 6.45) is 27.2. The predicted molar refractivity (Wildman–Crippen MR) is 175 cm³/mol. The van der Waals surface area contributed by atoms with Crippen molar-refractivity contribution in [1.82, 2.24) is 20.0 Å². The third-order valence-electron chi connectivity index (χ3n) is 8.71. The Kier molecular flexibility index (Phi) is 10.7. The van der Waals surface area contributed by atoms with Gasteiger partial charge in [0, 0.05) is 81.5 Å². The number of alkyl halides is 2. The van der Waals surface area contributed by atoms with Crippen LogP contribution in [0.5, 0.6) is 0 Å². The molecule has 5 rings (SSSR count). The third kappa shape index (κ3) is 8.29. The molecule has 3 aliphatic heterocycles. The van der Waals surface area contributed by atoms with E-state index >= 15 is 0 Å². The molecule has 2 aliphatic carbocycles. The van der Waals surface area contributed by atoms with E-state index in [4.69, 9.17) is 5.73 Å². The maximum absolute atomic E-state index is 14.6. The average molecular weight is 590 g/mol. The van der Waals surface area contributed by atoms with Crippen molar-refractivity contribution in [3.05, 3.63) is 120 Å². The molecule has 0 aromatic carbocycles. The lowest BCUT2D eigenvalue weighted by molar-refractivity contribution is 0.0628. The van der Waals surface area contributed by atoms with Crippen molar-refractivity contribution in [1.29, 1.82) is 0 Å². The van der Waals surface area contributed by atoms with Gasteiger partial charge < -0.3 is 20.9 Å². The molecule has 1 saturated carbocycles. The Balaban J connectivity index is 0.000000324. The van der Waals surface area contributed by atoms with Crippen molar-refractivity contribution in [3.8, 4) is 0 Å². The molecule has 0 aromatic rings. The molecule has 0 bridgehead atoms. The highest BCUT2D eigenvalue weighted by Crippen LogP contribution is 2.43. The Morgan fingerprint density at radius 1 is 1.23 bits per heavy atom. The Bertz CT molecular complexity index is 1290. The molecule has 0 unspecified atom stereocenters. The Morgan fingerprint density at radius 3 is 2.58 bits per heavy atom. The Morgan fingerprint density at radius 2 is 1.98 bits per heavy atom. The molecule has 5 aliphatic rings. The zero-order chi connectivity index (χ0) is 31.1. The van der Waals surface area contributed by atoms with Gasteiger partial charge in [-0.15, -0.1) is 0 Å². The van der Waals surface area contributed by atoms with E-state index in [9.17, 15) is 8.78 Å². The van der Waals surface area contributed by atoms with Crippen LogP contribution in [-0.4, -0.2) is 47.3 Å². The summed E-state index contributed by atoms with van der Waals surface area (Å²) in [6, 6.07) is 0. The molecule has 0 amide bonds. The largest absolute Gasteiger partial charge is 0.402 e. The smallest absolute Gasteiger partial charge is 0.272 e. The fraction of sp³-hybridized carbons (Fsp3) is 0.444. The summed E-state index contributed by atoms with van der Waals surface area (Å²) in [5.74, 6) is -0.393. The molecule has 7 heteroatoms. The number of rotatable bonds is 9. The van der Waals surface area contributed by atoms with Gasteiger partial charge in [0.2, 0.25) is 0 Å². The fourth-order valence-electron chi connectivity index (χ4n) is 5.87. The van der Waals surface area contributed by atoms with E-state index in [-0.39, 0.29) is 5.57 Å². The van der Waals surface area contributed by atoms with Crippen LogP contribution < -0.4 is 11.1 Å². The lowest BCUT2D eigenvalue weighted by Gasteiger charge is -2.38. The topological polar surface area (TPSA) is 47.8 Å². The lowest BCUT2D eigenvalue weighted by atomic mass is 9.76. The highest BCUT2D eigenvalue weighted by Gasteiger charge is 2.40. The number of hydrogen-bond acceptors (Lipinski definition) is 5. The molecule has 1 atom stereocenters. The normalized spacial score (nSPS) is 25.7. The van der Waals surface area contributed by atoms with Crippen LogP contribution in [-0.2, 0) is 0 Å². The standard InChI is InChI=1S/C27H35F2N3.C9H14N2/c1-6-8-24(12-11-20(3)23-9-7-10-23)31-18-26-25(27(5,28)29)13-22(17-32(26)21(31)4)16-30-14-19(2)15-30;1-11-9-5-3-2-4-8(10)6-7-9/h6,8,11-13,17-20,23H,1,4,7,9-10,14-16H2,2-3,5H3;2-3,5-6,11H,4,7,10H2,1H3/b12-11+,24-8+;3-2-,8-6-,9-5-/t20-;/m0./s1. The van der Waals surface area contributed by atoms with Crippen molar-refractivity contribution in [2.45, 2.75) is 58.8 Å². The molecule has 232 valence electrons. The first-order chi connectivity index (χ1) is 20.5. The van der Waals surface area contributed by atoms with Crippen LogP contribution >= 0.6 is 0 Å². The number of nitrogens with two attached hydrogens (primary N) is 1. The van der Waals surface area contributed by atoms with E-state index in [1.807, 2.05) is 41.3 Å². The Hall–Kier alpha value is -3.58. The maximum Gasteiger partial charge on any atom is 0.272 e. The third-order valence-corrected chi connectivity index (χ3v) is 8.71. The first-order valence-electron chi connectivity index (χ1n) is 15.5. The van der Waals surface area contributed by atoms with Crippen LogP contribution in [0.1, 0.15) is 52.9 Å². The minimum absolute atomic E-state index is 0.0389. The van der Waals surface area contributed by atoms with E-state index in [0.29, 0.717) is 29.9 Å². The van der Waals surface area contributed by atoms with Gasteiger partial charge in [0.1, 0.15) is 5.82 Å². The highest BCUT2D eigenvalue weighted by molar-refractivity contribution is 5.52. The molecule has 0 aromatic heterocycles. The number of halogens is 2. The zero-order valence-corrected chi connectivity index (χ0v) is 26.3.